The smallest absolute Gasteiger partial charge is 0.404 e. The summed E-state index contributed by atoms with van der Waals surface area (Å²) in [5.74, 6) is 0.554. The summed E-state index contributed by atoms with van der Waals surface area (Å²) in [4.78, 5) is 35.7. The molecule has 0 aromatic heterocycles. The standard InChI is InChI=1S/C43H61FN6O5S/c1-46(2)20-8-13-41(51)50-29-38(30-50)56(54,55)37-16-14-36(15-17-37)49-27-32(28-49)26-47-23-18-33(19-24-47)43(31-48-21-4-3-5-22-48,34-9-6-10-35(44)25-34)39-11-7-12-40(39)45-42(52)53/h6,8-10,13-17,25,32-33,38-40,45H,3-5,7,11-12,18-24,26-31H2,1-2H3,(H,52,53)/b13-8+/t39-,40-,43-/m0/s1. The van der Waals surface area contributed by atoms with Crippen molar-refractivity contribution >= 4 is 27.5 Å². The number of benzene rings is 2. The molecule has 2 N–H and O–H groups in total. The number of halogens is 1. The van der Waals surface area contributed by atoms with Crippen molar-refractivity contribution in [2.24, 2.45) is 17.8 Å². The van der Waals surface area contributed by atoms with Crippen LogP contribution in [0.2, 0.25) is 0 Å². The van der Waals surface area contributed by atoms with Gasteiger partial charge in [0, 0.05) is 75.0 Å². The third-order valence-electron chi connectivity index (χ3n) is 13.4. The Labute approximate surface area is 332 Å². The lowest BCUT2D eigenvalue weighted by Gasteiger charge is -2.53. The van der Waals surface area contributed by atoms with Gasteiger partial charge in [-0.1, -0.05) is 31.1 Å². The molecule has 5 aliphatic rings. The van der Waals surface area contributed by atoms with Crippen LogP contribution in [0.15, 0.2) is 65.6 Å². The van der Waals surface area contributed by atoms with Crippen LogP contribution in [-0.2, 0) is 20.0 Å². The Balaban J connectivity index is 0.955. The SMILES string of the molecule is CN(C)C/C=C/C(=O)N1CC(S(=O)(=O)c2ccc(N3CC(CN4CCC([C@@](CN5CCCCC5)(c5cccc(F)c5)[C@H]5CCC[C@@H]5NC(=O)O)CC4)C3)cc2)C1. The summed E-state index contributed by atoms with van der Waals surface area (Å²) in [5, 5.41) is 12.2. The molecule has 4 aliphatic heterocycles. The van der Waals surface area contributed by atoms with E-state index in [4.69, 9.17) is 0 Å². The molecule has 0 radical (unpaired) electrons. The second kappa shape index (κ2) is 17.5. The van der Waals surface area contributed by atoms with Crippen LogP contribution in [0.25, 0.3) is 0 Å². The van der Waals surface area contributed by atoms with Crippen LogP contribution in [0.5, 0.6) is 0 Å². The Morgan fingerprint density at radius 1 is 0.911 bits per heavy atom. The van der Waals surface area contributed by atoms with Crippen LogP contribution in [-0.4, -0.2) is 143 Å². The van der Waals surface area contributed by atoms with E-state index in [0.29, 0.717) is 23.3 Å². The van der Waals surface area contributed by atoms with E-state index in [-0.39, 0.29) is 42.2 Å². The van der Waals surface area contributed by atoms with Gasteiger partial charge >= 0.3 is 6.09 Å². The third kappa shape index (κ3) is 8.95. The van der Waals surface area contributed by atoms with E-state index in [1.807, 2.05) is 37.2 Å². The molecule has 4 heterocycles. The van der Waals surface area contributed by atoms with Crippen LogP contribution in [0, 0.1) is 23.6 Å². The Hall–Kier alpha value is -3.52. The highest BCUT2D eigenvalue weighted by Crippen LogP contribution is 2.51. The number of hydrogen-bond acceptors (Lipinski definition) is 8. The maximum absolute atomic E-state index is 15.1. The number of carboxylic acid groups (broad SMARTS) is 1. The molecule has 5 fully saturated rings. The van der Waals surface area contributed by atoms with Gasteiger partial charge in [0.2, 0.25) is 5.91 Å². The Morgan fingerprint density at radius 2 is 1.62 bits per heavy atom. The first-order chi connectivity index (χ1) is 26.9. The summed E-state index contributed by atoms with van der Waals surface area (Å²) in [6, 6.07) is 14.3. The first kappa shape index (κ1) is 40.7. The van der Waals surface area contributed by atoms with Gasteiger partial charge in [-0.05, 0) is 133 Å². The maximum Gasteiger partial charge on any atom is 0.404 e. The van der Waals surface area contributed by atoms with Crippen molar-refractivity contribution in [1.29, 1.82) is 0 Å². The fourth-order valence-electron chi connectivity index (χ4n) is 10.5. The first-order valence-corrected chi connectivity index (χ1v) is 22.4. The second-order valence-corrected chi connectivity index (χ2v) is 19.6. The average molecular weight is 793 g/mol. The highest BCUT2D eigenvalue weighted by atomic mass is 32.2. The monoisotopic (exact) mass is 792 g/mol. The number of nitrogens with one attached hydrogen (secondary N) is 1. The van der Waals surface area contributed by atoms with E-state index < -0.39 is 21.2 Å². The molecule has 56 heavy (non-hydrogen) atoms. The zero-order chi connectivity index (χ0) is 39.5. The van der Waals surface area contributed by atoms with Gasteiger partial charge in [-0.2, -0.15) is 0 Å². The van der Waals surface area contributed by atoms with Crippen LogP contribution >= 0.6 is 0 Å². The van der Waals surface area contributed by atoms with Crippen molar-refractivity contribution < 1.29 is 27.5 Å². The van der Waals surface area contributed by atoms with Gasteiger partial charge in [-0.3, -0.25) is 4.79 Å². The molecule has 7 rings (SSSR count). The largest absolute Gasteiger partial charge is 0.465 e. The van der Waals surface area contributed by atoms with Crippen molar-refractivity contribution in [2.45, 2.75) is 73.0 Å². The molecule has 306 valence electrons. The van der Waals surface area contributed by atoms with E-state index in [1.54, 1.807) is 29.2 Å². The highest BCUT2D eigenvalue weighted by Gasteiger charge is 2.53. The van der Waals surface area contributed by atoms with Crippen molar-refractivity contribution in [3.05, 3.63) is 72.1 Å². The summed E-state index contributed by atoms with van der Waals surface area (Å²) in [6.45, 7) is 8.76. The number of hydrogen-bond donors (Lipinski definition) is 2. The van der Waals surface area contributed by atoms with E-state index in [1.165, 1.54) is 31.4 Å². The number of anilines is 1. The van der Waals surface area contributed by atoms with Crippen molar-refractivity contribution in [2.75, 3.05) is 91.0 Å². The van der Waals surface area contributed by atoms with Crippen molar-refractivity contribution in [1.82, 2.24) is 24.9 Å². The Bertz CT molecular complexity index is 1800. The minimum absolute atomic E-state index is 0.105. The maximum atomic E-state index is 15.1. The summed E-state index contributed by atoms with van der Waals surface area (Å²) in [6.07, 6.45) is 10.6. The summed E-state index contributed by atoms with van der Waals surface area (Å²) >= 11 is 0. The third-order valence-corrected chi connectivity index (χ3v) is 15.5. The summed E-state index contributed by atoms with van der Waals surface area (Å²) in [5.41, 5.74) is 1.71. The normalized spacial score (nSPS) is 24.6. The molecule has 2 aromatic carbocycles. The predicted octanol–water partition coefficient (Wildman–Crippen LogP) is 4.94. The molecule has 1 saturated carbocycles. The number of rotatable bonds is 14. The Kier molecular flexibility index (Phi) is 12.7. The fraction of sp³-hybridized carbons (Fsp3) is 0.628. The summed E-state index contributed by atoms with van der Waals surface area (Å²) in [7, 11) is 0.325. The molecule has 11 nitrogen and oxygen atoms in total. The number of carbonyl (C=O) groups excluding carboxylic acids is 1. The molecule has 0 bridgehead atoms. The molecule has 0 spiro atoms. The number of nitrogens with zero attached hydrogens (tertiary/aromatic N) is 5. The lowest BCUT2D eigenvalue weighted by molar-refractivity contribution is -0.129. The number of likely N-dealkylation sites (N-methyl/N-ethyl adjacent to an activating group) is 1. The number of sulfone groups is 1. The van der Waals surface area contributed by atoms with Crippen LogP contribution in [0.4, 0.5) is 14.9 Å². The molecular weight excluding hydrogens is 732 g/mol. The lowest BCUT2D eigenvalue weighted by atomic mass is 9.58. The Morgan fingerprint density at radius 3 is 2.29 bits per heavy atom. The minimum Gasteiger partial charge on any atom is -0.465 e. The number of piperidine rings is 2. The number of likely N-dealkylation sites (tertiary alicyclic amines) is 3. The van der Waals surface area contributed by atoms with Gasteiger partial charge in [0.25, 0.3) is 0 Å². The molecule has 1 aliphatic carbocycles. The van der Waals surface area contributed by atoms with E-state index in [0.717, 1.165) is 95.7 Å². The van der Waals surface area contributed by atoms with Gasteiger partial charge in [0.15, 0.2) is 9.84 Å². The molecule has 13 heteroatoms. The summed E-state index contributed by atoms with van der Waals surface area (Å²) < 4.78 is 41.7. The fourth-order valence-corrected chi connectivity index (χ4v) is 12.1. The molecular formula is C43H61FN6O5S. The molecule has 3 atom stereocenters. The minimum atomic E-state index is -3.52. The van der Waals surface area contributed by atoms with Gasteiger partial charge in [0.1, 0.15) is 11.1 Å². The topological polar surface area (TPSA) is 117 Å². The van der Waals surface area contributed by atoms with Crippen LogP contribution < -0.4 is 10.2 Å². The zero-order valence-electron chi connectivity index (χ0n) is 33.2. The highest BCUT2D eigenvalue weighted by molar-refractivity contribution is 7.92. The second-order valence-electron chi connectivity index (χ2n) is 17.4. The predicted molar refractivity (Wildman–Crippen MR) is 217 cm³/mol. The first-order valence-electron chi connectivity index (χ1n) is 20.8. The van der Waals surface area contributed by atoms with Gasteiger partial charge in [-0.15, -0.1) is 0 Å². The van der Waals surface area contributed by atoms with E-state index >= 15 is 4.39 Å². The molecule has 4 saturated heterocycles. The van der Waals surface area contributed by atoms with E-state index in [9.17, 15) is 23.1 Å². The number of carbonyl (C=O) groups is 2. The molecule has 0 unspecified atom stereocenters. The molecule has 2 amide bonds. The quantitative estimate of drug-likeness (QED) is 0.257. The average Bonchev–Trinajstić information content (AvgIpc) is 3.59. The molecule has 2 aromatic rings. The van der Waals surface area contributed by atoms with Crippen molar-refractivity contribution in [3.8, 4) is 0 Å². The van der Waals surface area contributed by atoms with E-state index in [2.05, 4.69) is 26.1 Å². The lowest BCUT2D eigenvalue weighted by Crippen LogP contribution is -2.59. The van der Waals surface area contributed by atoms with Crippen LogP contribution in [0.3, 0.4) is 0 Å². The number of amides is 2. The van der Waals surface area contributed by atoms with Gasteiger partial charge in [0.05, 0.1) is 4.90 Å². The van der Waals surface area contributed by atoms with Crippen molar-refractivity contribution in [3.63, 3.8) is 0 Å². The van der Waals surface area contributed by atoms with Crippen LogP contribution in [0.1, 0.15) is 56.9 Å². The van der Waals surface area contributed by atoms with Gasteiger partial charge < -0.3 is 34.9 Å². The van der Waals surface area contributed by atoms with Gasteiger partial charge in [-0.25, -0.2) is 17.6 Å². The zero-order valence-corrected chi connectivity index (χ0v) is 34.0.